The lowest BCUT2D eigenvalue weighted by molar-refractivity contribution is 0.0269. The summed E-state index contributed by atoms with van der Waals surface area (Å²) in [6, 6.07) is 3.42. The molecule has 0 saturated carbocycles. The zero-order chi connectivity index (χ0) is 13.1. The highest BCUT2D eigenvalue weighted by Crippen LogP contribution is 2.28. The van der Waals surface area contributed by atoms with E-state index in [1.165, 1.54) is 0 Å². The molecule has 4 nitrogen and oxygen atoms in total. The van der Waals surface area contributed by atoms with Crippen LogP contribution in [0.4, 0.5) is 0 Å². The second-order valence-electron chi connectivity index (χ2n) is 4.23. The molecule has 1 fully saturated rings. The Labute approximate surface area is 111 Å². The molecule has 1 aromatic rings. The molecule has 1 aromatic carbocycles. The number of hydrogen-bond acceptors (Lipinski definition) is 4. The summed E-state index contributed by atoms with van der Waals surface area (Å²) in [7, 11) is 1.55. The molecule has 5 heteroatoms. The Morgan fingerprint density at radius 2 is 2.33 bits per heavy atom. The number of benzene rings is 1. The first-order valence-corrected chi connectivity index (χ1v) is 6.22. The monoisotopic (exact) mass is 269 g/mol. The molecule has 0 spiro atoms. The summed E-state index contributed by atoms with van der Waals surface area (Å²) < 4.78 is 10.6. The number of carbonyl (C=O) groups is 1. The fourth-order valence-electron chi connectivity index (χ4n) is 1.98. The summed E-state index contributed by atoms with van der Waals surface area (Å²) in [6.45, 7) is 3.75. The highest BCUT2D eigenvalue weighted by molar-refractivity contribution is 6.32. The van der Waals surface area contributed by atoms with Crippen molar-refractivity contribution in [2.45, 2.75) is 13.0 Å². The number of ketones is 1. The molecule has 1 saturated heterocycles. The predicted octanol–water partition coefficient (Wildman–Crippen LogP) is 1.83. The van der Waals surface area contributed by atoms with Gasteiger partial charge in [0.15, 0.2) is 5.78 Å². The van der Waals surface area contributed by atoms with Crippen molar-refractivity contribution in [2.24, 2.45) is 0 Å². The van der Waals surface area contributed by atoms with E-state index in [-0.39, 0.29) is 5.78 Å². The Morgan fingerprint density at radius 1 is 1.56 bits per heavy atom. The van der Waals surface area contributed by atoms with Gasteiger partial charge in [-0.1, -0.05) is 11.6 Å². The molecule has 0 radical (unpaired) electrons. The average molecular weight is 270 g/mol. The molecule has 18 heavy (non-hydrogen) atoms. The van der Waals surface area contributed by atoms with E-state index in [1.807, 2.05) is 6.92 Å². The van der Waals surface area contributed by atoms with Gasteiger partial charge < -0.3 is 14.8 Å². The molecule has 1 aliphatic rings. The maximum absolute atomic E-state index is 12.3. The largest absolute Gasteiger partial charge is 0.495 e. The van der Waals surface area contributed by atoms with E-state index in [0.717, 1.165) is 12.1 Å². The van der Waals surface area contributed by atoms with E-state index in [1.54, 1.807) is 19.2 Å². The molecule has 98 valence electrons. The number of rotatable bonds is 3. The van der Waals surface area contributed by atoms with Crippen LogP contribution in [0, 0.1) is 6.92 Å². The van der Waals surface area contributed by atoms with Gasteiger partial charge in [0.2, 0.25) is 0 Å². The van der Waals surface area contributed by atoms with Gasteiger partial charge in [0.05, 0.1) is 18.7 Å². The Bertz CT molecular complexity index is 456. The fourth-order valence-corrected chi connectivity index (χ4v) is 2.22. The molecule has 1 atom stereocenters. The molecule has 1 N–H and O–H groups in total. The minimum absolute atomic E-state index is 0.0377. The number of methoxy groups -OCH3 is 1. The Balaban J connectivity index is 2.27. The van der Waals surface area contributed by atoms with Crippen LogP contribution in [-0.2, 0) is 4.74 Å². The Kier molecular flexibility index (Phi) is 4.22. The molecule has 2 rings (SSSR count). The van der Waals surface area contributed by atoms with Gasteiger partial charge in [-0.3, -0.25) is 4.79 Å². The summed E-state index contributed by atoms with van der Waals surface area (Å²) in [5.74, 6) is 0.539. The molecule has 1 unspecified atom stereocenters. The second-order valence-corrected chi connectivity index (χ2v) is 4.64. The van der Waals surface area contributed by atoms with E-state index in [9.17, 15) is 4.79 Å². The molecule has 1 aliphatic heterocycles. The van der Waals surface area contributed by atoms with Crippen LogP contribution in [-0.4, -0.2) is 38.7 Å². The highest BCUT2D eigenvalue weighted by Gasteiger charge is 2.25. The van der Waals surface area contributed by atoms with Crippen molar-refractivity contribution < 1.29 is 14.3 Å². The lowest BCUT2D eigenvalue weighted by Crippen LogP contribution is -2.43. The van der Waals surface area contributed by atoms with Gasteiger partial charge in [-0.2, -0.15) is 0 Å². The minimum Gasteiger partial charge on any atom is -0.495 e. The molecule has 0 bridgehead atoms. The van der Waals surface area contributed by atoms with E-state index >= 15 is 0 Å². The van der Waals surface area contributed by atoms with Crippen molar-refractivity contribution in [1.29, 1.82) is 0 Å². The quantitative estimate of drug-likeness (QED) is 0.851. The molecular formula is C13H16ClNO3. The number of Topliss-reactive ketones (excluding diaryl/α,β-unsaturated/α-hetero) is 1. The smallest absolute Gasteiger partial charge is 0.193 e. The molecular weight excluding hydrogens is 254 g/mol. The van der Waals surface area contributed by atoms with Gasteiger partial charge in [-0.25, -0.2) is 0 Å². The van der Waals surface area contributed by atoms with Crippen LogP contribution < -0.4 is 10.1 Å². The summed E-state index contributed by atoms with van der Waals surface area (Å²) in [5, 5.41) is 3.58. The predicted molar refractivity (Wildman–Crippen MR) is 69.7 cm³/mol. The van der Waals surface area contributed by atoms with Crippen LogP contribution in [0.1, 0.15) is 15.9 Å². The Hall–Kier alpha value is -1.10. The van der Waals surface area contributed by atoms with Gasteiger partial charge in [-0.15, -0.1) is 0 Å². The normalized spacial score (nSPS) is 19.6. The van der Waals surface area contributed by atoms with Gasteiger partial charge in [-0.05, 0) is 24.6 Å². The standard InChI is InChI=1S/C13H16ClNO3/c1-8-5-11(17-2)10(14)6-9(8)13(16)12-7-15-3-4-18-12/h5-6,12,15H,3-4,7H2,1-2H3. The maximum atomic E-state index is 12.3. The van der Waals surface area contributed by atoms with E-state index in [2.05, 4.69) is 5.32 Å². The number of halogens is 1. The molecule has 0 aromatic heterocycles. The van der Waals surface area contributed by atoms with E-state index in [0.29, 0.717) is 29.5 Å². The SMILES string of the molecule is COc1cc(C)c(C(=O)C2CNCCO2)cc1Cl. The second kappa shape index (κ2) is 5.69. The van der Waals surface area contributed by atoms with Crippen molar-refractivity contribution in [3.05, 3.63) is 28.3 Å². The van der Waals surface area contributed by atoms with Crippen LogP contribution in [0.3, 0.4) is 0 Å². The summed E-state index contributed by atoms with van der Waals surface area (Å²) in [6.07, 6.45) is -0.429. The average Bonchev–Trinajstić information content (AvgIpc) is 2.41. The van der Waals surface area contributed by atoms with Crippen LogP contribution in [0.2, 0.25) is 5.02 Å². The van der Waals surface area contributed by atoms with Crippen molar-refractivity contribution in [3.8, 4) is 5.75 Å². The molecule has 1 heterocycles. The minimum atomic E-state index is -0.429. The van der Waals surface area contributed by atoms with Crippen LogP contribution in [0.5, 0.6) is 5.75 Å². The van der Waals surface area contributed by atoms with Gasteiger partial charge in [0.1, 0.15) is 11.9 Å². The number of aryl methyl sites for hydroxylation is 1. The molecule has 0 aliphatic carbocycles. The van der Waals surface area contributed by atoms with Crippen LogP contribution in [0.15, 0.2) is 12.1 Å². The maximum Gasteiger partial charge on any atom is 0.193 e. The number of ether oxygens (including phenoxy) is 2. The summed E-state index contributed by atoms with van der Waals surface area (Å²) in [4.78, 5) is 12.3. The third kappa shape index (κ3) is 2.66. The first kappa shape index (κ1) is 13.3. The Morgan fingerprint density at radius 3 is 2.94 bits per heavy atom. The van der Waals surface area contributed by atoms with Gasteiger partial charge in [0, 0.05) is 18.7 Å². The zero-order valence-corrected chi connectivity index (χ0v) is 11.2. The fraction of sp³-hybridized carbons (Fsp3) is 0.462. The zero-order valence-electron chi connectivity index (χ0n) is 10.5. The lowest BCUT2D eigenvalue weighted by Gasteiger charge is -2.23. The van der Waals surface area contributed by atoms with Crippen LogP contribution >= 0.6 is 11.6 Å². The van der Waals surface area contributed by atoms with Crippen molar-refractivity contribution in [3.63, 3.8) is 0 Å². The third-order valence-electron chi connectivity index (χ3n) is 2.98. The first-order valence-electron chi connectivity index (χ1n) is 5.84. The number of carbonyl (C=O) groups excluding carboxylic acids is 1. The van der Waals surface area contributed by atoms with E-state index in [4.69, 9.17) is 21.1 Å². The number of morpholine rings is 1. The van der Waals surface area contributed by atoms with E-state index < -0.39 is 6.10 Å². The lowest BCUT2D eigenvalue weighted by atomic mass is 10.00. The van der Waals surface area contributed by atoms with Crippen molar-refractivity contribution >= 4 is 17.4 Å². The highest BCUT2D eigenvalue weighted by atomic mass is 35.5. The van der Waals surface area contributed by atoms with Crippen LogP contribution in [0.25, 0.3) is 0 Å². The van der Waals surface area contributed by atoms with Crippen molar-refractivity contribution in [1.82, 2.24) is 5.32 Å². The summed E-state index contributed by atoms with van der Waals surface area (Å²) >= 11 is 6.05. The first-order chi connectivity index (χ1) is 8.63. The molecule has 0 amide bonds. The van der Waals surface area contributed by atoms with Gasteiger partial charge >= 0.3 is 0 Å². The third-order valence-corrected chi connectivity index (χ3v) is 3.28. The number of nitrogens with one attached hydrogen (secondary N) is 1. The summed E-state index contributed by atoms with van der Waals surface area (Å²) in [5.41, 5.74) is 1.44. The number of hydrogen-bond donors (Lipinski definition) is 1. The topological polar surface area (TPSA) is 47.6 Å². The van der Waals surface area contributed by atoms with Crippen molar-refractivity contribution in [2.75, 3.05) is 26.8 Å². The van der Waals surface area contributed by atoms with Gasteiger partial charge in [0.25, 0.3) is 0 Å².